The second-order valence-electron chi connectivity index (χ2n) is 14.9. The summed E-state index contributed by atoms with van der Waals surface area (Å²) in [5.41, 5.74) is 0.713. The fourth-order valence-electron chi connectivity index (χ4n) is 7.23. The van der Waals surface area contributed by atoms with Gasteiger partial charge >= 0.3 is 5.97 Å². The van der Waals surface area contributed by atoms with Crippen molar-refractivity contribution in [3.8, 4) is 0 Å². The maximum absolute atomic E-state index is 13.4. The lowest BCUT2D eigenvalue weighted by Crippen LogP contribution is -2.57. The third kappa shape index (κ3) is 11.1. The standard InChI is InChI=1S/C37H63NO12/c1-10-24-15-20(4)27(39)13-12-19(3)14-25(18-46-36-34(45)33(44)31(42)23(7)48-36)29(11-2)49-30(41)17-28(40)22(6)35(24)50-37-32(43)26(38(8)9)16-21(5)47-37/h12-14,20-26,28-29,31-37,40,42-45H,10-11,15-18H2,1-9H3/b13-12+,19-14+/t20-,21?,22+,23?,24+,25-,26?,28-,29+,31?,32?,33?,34?,35-,36?,37?/m1/s1. The highest BCUT2D eigenvalue weighted by atomic mass is 16.7. The Morgan fingerprint density at radius 1 is 0.860 bits per heavy atom. The molecule has 0 spiro atoms. The average Bonchev–Trinajstić information content (AvgIpc) is 3.07. The van der Waals surface area contributed by atoms with E-state index in [1.807, 2.05) is 59.7 Å². The lowest BCUT2D eigenvalue weighted by molar-refractivity contribution is -0.295. The molecular formula is C37H63NO12. The van der Waals surface area contributed by atoms with Crippen molar-refractivity contribution in [2.45, 2.75) is 154 Å². The first-order valence-electron chi connectivity index (χ1n) is 18.2. The molecule has 0 aromatic heterocycles. The van der Waals surface area contributed by atoms with Crippen LogP contribution in [0.2, 0.25) is 0 Å². The molecule has 0 aliphatic carbocycles. The van der Waals surface area contributed by atoms with Crippen molar-refractivity contribution in [2.24, 2.45) is 23.7 Å². The van der Waals surface area contributed by atoms with E-state index < -0.39 is 79.2 Å². The highest BCUT2D eigenvalue weighted by molar-refractivity contribution is 5.91. The molecular weight excluding hydrogens is 650 g/mol. The van der Waals surface area contributed by atoms with Gasteiger partial charge in [-0.15, -0.1) is 0 Å². The Balaban J connectivity index is 1.91. The molecule has 0 amide bonds. The van der Waals surface area contributed by atoms with E-state index in [0.29, 0.717) is 31.3 Å². The average molecular weight is 714 g/mol. The van der Waals surface area contributed by atoms with Gasteiger partial charge in [-0.2, -0.15) is 0 Å². The van der Waals surface area contributed by atoms with Crippen LogP contribution in [-0.2, 0) is 33.3 Å². The van der Waals surface area contributed by atoms with Gasteiger partial charge in [0.1, 0.15) is 30.5 Å². The van der Waals surface area contributed by atoms with Crippen LogP contribution in [0.1, 0.15) is 80.6 Å². The van der Waals surface area contributed by atoms with Gasteiger partial charge in [0, 0.05) is 23.8 Å². The van der Waals surface area contributed by atoms with Crippen LogP contribution in [0.5, 0.6) is 0 Å². The summed E-state index contributed by atoms with van der Waals surface area (Å²) in [4.78, 5) is 28.8. The van der Waals surface area contributed by atoms with Gasteiger partial charge in [-0.3, -0.25) is 9.59 Å². The Morgan fingerprint density at radius 2 is 1.54 bits per heavy atom. The maximum atomic E-state index is 13.4. The number of likely N-dealkylation sites (N-methyl/N-ethyl adjacent to an activating group) is 1. The fraction of sp³-hybridized carbons (Fsp3) is 0.838. The summed E-state index contributed by atoms with van der Waals surface area (Å²) in [5, 5.41) is 53.6. The topological polar surface area (TPSA) is 185 Å². The predicted molar refractivity (Wildman–Crippen MR) is 185 cm³/mol. The molecule has 288 valence electrons. The van der Waals surface area contributed by atoms with Crippen LogP contribution >= 0.6 is 0 Å². The maximum Gasteiger partial charge on any atom is 0.308 e. The number of esters is 1. The van der Waals surface area contributed by atoms with E-state index >= 15 is 0 Å². The van der Waals surface area contributed by atoms with Crippen molar-refractivity contribution in [2.75, 3.05) is 20.7 Å². The molecule has 50 heavy (non-hydrogen) atoms. The summed E-state index contributed by atoms with van der Waals surface area (Å²) in [6.45, 7) is 12.7. The van der Waals surface area contributed by atoms with Crippen molar-refractivity contribution < 1.29 is 58.8 Å². The van der Waals surface area contributed by atoms with Crippen LogP contribution in [0, 0.1) is 23.7 Å². The number of hydrogen-bond acceptors (Lipinski definition) is 13. The van der Waals surface area contributed by atoms with Crippen molar-refractivity contribution in [3.05, 3.63) is 23.8 Å². The van der Waals surface area contributed by atoms with E-state index in [0.717, 1.165) is 0 Å². The predicted octanol–water partition coefficient (Wildman–Crippen LogP) is 2.10. The minimum absolute atomic E-state index is 0.0816. The van der Waals surface area contributed by atoms with E-state index in [9.17, 15) is 35.1 Å². The smallest absolute Gasteiger partial charge is 0.308 e. The summed E-state index contributed by atoms with van der Waals surface area (Å²) in [6.07, 6.45) is -4.15. The molecule has 5 N–H and O–H groups in total. The minimum Gasteiger partial charge on any atom is -0.462 e. The molecule has 0 bridgehead atoms. The second kappa shape index (κ2) is 19.3. The molecule has 0 aromatic carbocycles. The van der Waals surface area contributed by atoms with Gasteiger partial charge in [0.15, 0.2) is 18.4 Å². The van der Waals surface area contributed by atoms with E-state index in [2.05, 4.69) is 0 Å². The summed E-state index contributed by atoms with van der Waals surface area (Å²) < 4.78 is 30.1. The molecule has 0 aromatic rings. The zero-order chi connectivity index (χ0) is 37.4. The van der Waals surface area contributed by atoms with Gasteiger partial charge in [0.05, 0.1) is 37.4 Å². The number of aliphatic hydroxyl groups excluding tert-OH is 5. The van der Waals surface area contributed by atoms with Crippen LogP contribution in [0.3, 0.4) is 0 Å². The number of aliphatic hydroxyl groups is 5. The normalized spacial score (nSPS) is 44.7. The molecule has 3 heterocycles. The second-order valence-corrected chi connectivity index (χ2v) is 14.9. The zero-order valence-corrected chi connectivity index (χ0v) is 31.3. The molecule has 16 atom stereocenters. The number of ether oxygens (including phenoxy) is 5. The highest BCUT2D eigenvalue weighted by Crippen LogP contribution is 2.34. The van der Waals surface area contributed by atoms with Crippen LogP contribution in [0.25, 0.3) is 0 Å². The zero-order valence-electron chi connectivity index (χ0n) is 31.3. The number of ketones is 1. The molecule has 13 nitrogen and oxygen atoms in total. The van der Waals surface area contributed by atoms with Gasteiger partial charge < -0.3 is 54.1 Å². The largest absolute Gasteiger partial charge is 0.462 e. The Labute approximate surface area is 297 Å². The van der Waals surface area contributed by atoms with E-state index in [-0.39, 0.29) is 42.8 Å². The van der Waals surface area contributed by atoms with Gasteiger partial charge in [0.2, 0.25) is 0 Å². The van der Waals surface area contributed by atoms with Crippen LogP contribution in [0.4, 0.5) is 0 Å². The molecule has 13 heteroatoms. The number of allylic oxidation sites excluding steroid dienone is 3. The number of carbonyl (C=O) groups is 2. The van der Waals surface area contributed by atoms with E-state index in [4.69, 9.17) is 23.7 Å². The van der Waals surface area contributed by atoms with Gasteiger partial charge in [-0.05, 0) is 66.1 Å². The molecule has 3 aliphatic heterocycles. The molecule has 9 unspecified atom stereocenters. The van der Waals surface area contributed by atoms with Crippen molar-refractivity contribution >= 4 is 11.8 Å². The van der Waals surface area contributed by atoms with Crippen molar-refractivity contribution in [3.63, 3.8) is 0 Å². The first-order chi connectivity index (χ1) is 23.5. The van der Waals surface area contributed by atoms with Crippen molar-refractivity contribution in [1.82, 2.24) is 4.90 Å². The monoisotopic (exact) mass is 713 g/mol. The van der Waals surface area contributed by atoms with Crippen LogP contribution in [-0.4, -0.2) is 136 Å². The minimum atomic E-state index is -1.50. The summed E-state index contributed by atoms with van der Waals surface area (Å²) in [5.74, 6) is -2.46. The summed E-state index contributed by atoms with van der Waals surface area (Å²) in [7, 11) is 3.78. The molecule has 3 rings (SSSR count). The molecule has 3 aliphatic rings. The van der Waals surface area contributed by atoms with E-state index in [1.54, 1.807) is 19.9 Å². The number of nitrogens with zero attached hydrogens (tertiary/aromatic N) is 1. The lowest BCUT2D eigenvalue weighted by atomic mass is 9.80. The molecule has 0 radical (unpaired) electrons. The Hall–Kier alpha value is -1.78. The number of carbonyl (C=O) groups excluding carboxylic acids is 2. The third-order valence-corrected chi connectivity index (χ3v) is 10.6. The Morgan fingerprint density at radius 3 is 2.16 bits per heavy atom. The first-order valence-corrected chi connectivity index (χ1v) is 18.2. The molecule has 2 saturated heterocycles. The highest BCUT2D eigenvalue weighted by Gasteiger charge is 2.44. The van der Waals surface area contributed by atoms with Gasteiger partial charge in [-0.1, -0.05) is 51.8 Å². The molecule has 2 fully saturated rings. The summed E-state index contributed by atoms with van der Waals surface area (Å²) >= 11 is 0. The molecule has 0 saturated carbocycles. The fourth-order valence-corrected chi connectivity index (χ4v) is 7.23. The third-order valence-electron chi connectivity index (χ3n) is 10.6. The Kier molecular flexibility index (Phi) is 16.5. The SMILES string of the molecule is CC[C@H]1C[C@@H](C)C(=O)/C=C/C(C)=C/[C@H](COC2OC(C)C(O)C(O)C2O)[C@H](CC)OC(=O)C[C@@H](O)[C@H](C)[C@H]1OC1OC(C)CC(N(C)C)C1O. The first kappa shape index (κ1) is 42.6. The van der Waals surface area contributed by atoms with Gasteiger partial charge in [-0.25, -0.2) is 0 Å². The van der Waals surface area contributed by atoms with Gasteiger partial charge in [0.25, 0.3) is 0 Å². The lowest BCUT2D eigenvalue weighted by Gasteiger charge is -2.44. The van der Waals surface area contributed by atoms with Crippen LogP contribution in [0.15, 0.2) is 23.8 Å². The Bertz CT molecular complexity index is 1150. The van der Waals surface area contributed by atoms with Crippen molar-refractivity contribution in [1.29, 1.82) is 0 Å². The number of cyclic esters (lactones) is 1. The number of hydrogen-bond donors (Lipinski definition) is 5. The summed E-state index contributed by atoms with van der Waals surface area (Å²) in [6, 6.07) is -0.205. The van der Waals surface area contributed by atoms with E-state index in [1.165, 1.54) is 6.08 Å². The quantitative estimate of drug-likeness (QED) is 0.231. The number of rotatable bonds is 8. The van der Waals surface area contributed by atoms with Crippen LogP contribution < -0.4 is 0 Å².